The molecule has 0 aliphatic heterocycles. The van der Waals surface area contributed by atoms with Crippen LogP contribution < -0.4 is 10.5 Å². The van der Waals surface area contributed by atoms with Gasteiger partial charge in [0, 0.05) is 5.56 Å². The molecule has 5 heteroatoms. The normalized spacial score (nSPS) is 10.9. The lowest BCUT2D eigenvalue weighted by molar-refractivity contribution is 0.243. The molecule has 0 atom stereocenters. The molecule has 0 aliphatic rings. The van der Waals surface area contributed by atoms with Gasteiger partial charge in [-0.15, -0.1) is 0 Å². The molecule has 1 heterocycles. The van der Waals surface area contributed by atoms with E-state index in [1.165, 1.54) is 11.3 Å². The van der Waals surface area contributed by atoms with Gasteiger partial charge in [0.2, 0.25) is 0 Å². The van der Waals surface area contributed by atoms with Crippen LogP contribution in [0.4, 0.5) is 5.13 Å². The van der Waals surface area contributed by atoms with E-state index in [0.29, 0.717) is 5.13 Å². The summed E-state index contributed by atoms with van der Waals surface area (Å²) in [4.78, 5) is 4.42. The van der Waals surface area contributed by atoms with Crippen molar-refractivity contribution in [3.8, 4) is 17.0 Å². The molecule has 18 heavy (non-hydrogen) atoms. The largest absolute Gasteiger partial charge is 0.490 e. The summed E-state index contributed by atoms with van der Waals surface area (Å²) in [6.45, 7) is 6.10. The Labute approximate surface area is 125 Å². The maximum absolute atomic E-state index is 5.87. The first kappa shape index (κ1) is 13.6. The topological polar surface area (TPSA) is 48.1 Å². The highest BCUT2D eigenvalue weighted by atomic mass is 127. The second-order valence-corrected chi connectivity index (χ2v) is 7.13. The molecule has 2 N–H and O–H groups in total. The molecule has 0 fully saturated rings. The van der Waals surface area contributed by atoms with E-state index in [2.05, 4.69) is 40.6 Å². The van der Waals surface area contributed by atoms with Crippen molar-refractivity contribution in [3.63, 3.8) is 0 Å². The fourth-order valence-corrected chi connectivity index (χ4v) is 3.40. The fourth-order valence-electron chi connectivity index (χ4n) is 1.77. The number of benzene rings is 1. The lowest BCUT2D eigenvalue weighted by atomic mass is 10.1. The Morgan fingerprint density at radius 1 is 1.39 bits per heavy atom. The number of nitrogen functional groups attached to an aromatic ring is 1. The van der Waals surface area contributed by atoms with Crippen LogP contribution in [0.3, 0.4) is 0 Å². The number of aryl methyl sites for hydroxylation is 1. The van der Waals surface area contributed by atoms with Crippen LogP contribution in [-0.4, -0.2) is 11.1 Å². The van der Waals surface area contributed by atoms with E-state index in [1.54, 1.807) is 0 Å². The fraction of sp³-hybridized carbons (Fsp3) is 0.308. The van der Waals surface area contributed by atoms with E-state index in [9.17, 15) is 0 Å². The van der Waals surface area contributed by atoms with Gasteiger partial charge in [0.1, 0.15) is 11.4 Å². The van der Waals surface area contributed by atoms with Crippen LogP contribution in [0.25, 0.3) is 11.3 Å². The summed E-state index contributed by atoms with van der Waals surface area (Å²) in [6.07, 6.45) is 0.138. The van der Waals surface area contributed by atoms with Crippen LogP contribution in [0.5, 0.6) is 5.75 Å². The molecule has 2 aromatic rings. The first-order valence-corrected chi connectivity index (χ1v) is 7.57. The van der Waals surface area contributed by atoms with Crippen molar-refractivity contribution in [1.29, 1.82) is 0 Å². The molecule has 1 aromatic heterocycles. The van der Waals surface area contributed by atoms with Gasteiger partial charge in [0.25, 0.3) is 0 Å². The molecule has 2 rings (SSSR count). The quantitative estimate of drug-likeness (QED) is 0.824. The molecule has 96 valence electrons. The van der Waals surface area contributed by atoms with Crippen LogP contribution in [-0.2, 0) is 0 Å². The average Bonchev–Trinajstić information content (AvgIpc) is 2.57. The summed E-state index contributed by atoms with van der Waals surface area (Å²) < 4.78 is 6.96. The van der Waals surface area contributed by atoms with Crippen molar-refractivity contribution in [1.82, 2.24) is 4.98 Å². The Bertz CT molecular complexity index is 566. The molecule has 0 bridgehead atoms. The third-order valence-electron chi connectivity index (χ3n) is 2.44. The van der Waals surface area contributed by atoms with Crippen molar-refractivity contribution < 1.29 is 4.74 Å². The minimum atomic E-state index is 0.138. The summed E-state index contributed by atoms with van der Waals surface area (Å²) in [5, 5.41) is 0.591. The van der Waals surface area contributed by atoms with Gasteiger partial charge in [-0.05, 0) is 55.0 Å². The zero-order valence-corrected chi connectivity index (χ0v) is 13.5. The predicted octanol–water partition coefficient (Wildman–Crippen LogP) is 4.09. The standard InChI is InChI=1S/C13H15IN2OS/c1-7(2)17-9-6-4-5-8(3)10(9)11-12(14)18-13(15)16-11/h4-7H,1-3H3,(H2,15,16). The van der Waals surface area contributed by atoms with Crippen LogP contribution in [0.1, 0.15) is 19.4 Å². The van der Waals surface area contributed by atoms with Crippen molar-refractivity contribution in [2.45, 2.75) is 26.9 Å². The van der Waals surface area contributed by atoms with Crippen molar-refractivity contribution >= 4 is 39.1 Å². The van der Waals surface area contributed by atoms with E-state index < -0.39 is 0 Å². The summed E-state index contributed by atoms with van der Waals surface area (Å²) in [7, 11) is 0. The van der Waals surface area contributed by atoms with E-state index in [1.807, 2.05) is 26.0 Å². The van der Waals surface area contributed by atoms with Crippen molar-refractivity contribution in [3.05, 3.63) is 26.6 Å². The van der Waals surface area contributed by atoms with Gasteiger partial charge in [-0.1, -0.05) is 23.5 Å². The summed E-state index contributed by atoms with van der Waals surface area (Å²) >= 11 is 3.77. The average molecular weight is 374 g/mol. The second kappa shape index (κ2) is 5.44. The van der Waals surface area contributed by atoms with E-state index >= 15 is 0 Å². The number of ether oxygens (including phenoxy) is 1. The third kappa shape index (κ3) is 2.77. The lowest BCUT2D eigenvalue weighted by Gasteiger charge is -2.15. The van der Waals surface area contributed by atoms with Crippen LogP contribution >= 0.6 is 33.9 Å². The van der Waals surface area contributed by atoms with Crippen LogP contribution in [0.15, 0.2) is 18.2 Å². The maximum Gasteiger partial charge on any atom is 0.181 e. The highest BCUT2D eigenvalue weighted by Crippen LogP contribution is 2.38. The number of thiazole rings is 1. The Morgan fingerprint density at radius 2 is 2.11 bits per heavy atom. The van der Waals surface area contributed by atoms with Crippen LogP contribution in [0, 0.1) is 9.81 Å². The zero-order valence-electron chi connectivity index (χ0n) is 10.5. The number of hydrogen-bond acceptors (Lipinski definition) is 4. The highest BCUT2D eigenvalue weighted by molar-refractivity contribution is 14.1. The molecule has 0 saturated heterocycles. The van der Waals surface area contributed by atoms with E-state index in [4.69, 9.17) is 10.5 Å². The second-order valence-electron chi connectivity index (χ2n) is 4.29. The minimum Gasteiger partial charge on any atom is -0.490 e. The van der Waals surface area contributed by atoms with E-state index in [-0.39, 0.29) is 6.10 Å². The van der Waals surface area contributed by atoms with Crippen LogP contribution in [0.2, 0.25) is 0 Å². The summed E-state index contributed by atoms with van der Waals surface area (Å²) in [6, 6.07) is 6.04. The molecule has 3 nitrogen and oxygen atoms in total. The molecule has 0 amide bonds. The predicted molar refractivity (Wildman–Crippen MR) is 85.2 cm³/mol. The Hall–Kier alpha value is -0.820. The van der Waals surface area contributed by atoms with Gasteiger partial charge in [-0.3, -0.25) is 0 Å². The van der Waals surface area contributed by atoms with E-state index in [0.717, 1.165) is 25.5 Å². The summed E-state index contributed by atoms with van der Waals surface area (Å²) in [5.41, 5.74) is 8.90. The molecule has 0 spiro atoms. The number of rotatable bonds is 3. The van der Waals surface area contributed by atoms with Crippen molar-refractivity contribution in [2.24, 2.45) is 0 Å². The molecule has 1 aromatic carbocycles. The Morgan fingerprint density at radius 3 is 2.67 bits per heavy atom. The number of anilines is 1. The monoisotopic (exact) mass is 374 g/mol. The number of halogens is 1. The number of nitrogens with zero attached hydrogens (tertiary/aromatic N) is 1. The smallest absolute Gasteiger partial charge is 0.181 e. The number of nitrogens with two attached hydrogens (primary N) is 1. The third-order valence-corrected chi connectivity index (χ3v) is 4.28. The van der Waals surface area contributed by atoms with Gasteiger partial charge in [0.15, 0.2) is 5.13 Å². The Balaban J connectivity index is 2.58. The van der Waals surface area contributed by atoms with Gasteiger partial charge in [0.05, 0.1) is 8.99 Å². The van der Waals surface area contributed by atoms with Gasteiger partial charge in [-0.2, -0.15) is 0 Å². The molecule has 0 aliphatic carbocycles. The van der Waals surface area contributed by atoms with Crippen molar-refractivity contribution in [2.75, 3.05) is 5.73 Å². The van der Waals surface area contributed by atoms with Gasteiger partial charge < -0.3 is 10.5 Å². The first-order valence-electron chi connectivity index (χ1n) is 5.67. The molecule has 0 radical (unpaired) electrons. The van der Waals surface area contributed by atoms with Gasteiger partial charge in [-0.25, -0.2) is 4.98 Å². The molecular weight excluding hydrogens is 359 g/mol. The minimum absolute atomic E-state index is 0.138. The Kier molecular flexibility index (Phi) is 4.11. The number of aromatic nitrogens is 1. The SMILES string of the molecule is Cc1cccc(OC(C)C)c1-c1nc(N)sc1I. The maximum atomic E-state index is 5.87. The summed E-state index contributed by atoms with van der Waals surface area (Å²) in [5.74, 6) is 0.869. The zero-order chi connectivity index (χ0) is 13.3. The first-order chi connectivity index (χ1) is 8.49. The highest BCUT2D eigenvalue weighted by Gasteiger charge is 2.17. The molecule has 0 saturated carbocycles. The van der Waals surface area contributed by atoms with Gasteiger partial charge >= 0.3 is 0 Å². The lowest BCUT2D eigenvalue weighted by Crippen LogP contribution is -2.07. The molecule has 0 unspecified atom stereocenters. The molecular formula is C13H15IN2OS. The number of hydrogen-bond donors (Lipinski definition) is 1.